The largest absolute Gasteiger partial charge is 0.378 e. The second-order valence-electron chi connectivity index (χ2n) is 7.86. The van der Waals surface area contributed by atoms with Crippen molar-refractivity contribution in [2.75, 3.05) is 41.7 Å². The number of nitrogens with one attached hydrogen (secondary N) is 1. The van der Waals surface area contributed by atoms with Crippen molar-refractivity contribution in [2.45, 2.75) is 13.3 Å². The molecule has 0 atom stereocenters. The molecule has 1 saturated heterocycles. The molecular formula is C23H22ClF2N3O4S. The lowest BCUT2D eigenvalue weighted by Gasteiger charge is -2.28. The number of rotatable bonds is 7. The average molecular weight is 510 g/mol. The van der Waals surface area contributed by atoms with Crippen molar-refractivity contribution in [3.8, 4) is 0 Å². The summed E-state index contributed by atoms with van der Waals surface area (Å²) in [5.74, 6) is -3.96. The van der Waals surface area contributed by atoms with E-state index < -0.39 is 43.7 Å². The molecule has 0 radical (unpaired) electrons. The molecule has 34 heavy (non-hydrogen) atoms. The highest BCUT2D eigenvalue weighted by atomic mass is 35.5. The number of carbonyl (C=O) groups excluding carboxylic acids is 1. The standard InChI is InChI=1S/C23H22ClF2N3O4S/c1-2-9-34(31,32)28-19-12-17(25)22(26)20(21(19)24)23(30)14-3-4-18-15(10-14)11-16(13-27-18)29-5-7-33-8-6-29/h3-4,10-13,28H,2,5-9H2,1H3. The maximum absolute atomic E-state index is 14.7. The van der Waals surface area contributed by atoms with Gasteiger partial charge in [-0.25, -0.2) is 17.2 Å². The Labute approximate surface area is 200 Å². The van der Waals surface area contributed by atoms with Crippen LogP contribution in [0.25, 0.3) is 10.9 Å². The number of hydrogen-bond acceptors (Lipinski definition) is 6. The van der Waals surface area contributed by atoms with Crippen LogP contribution in [0.3, 0.4) is 0 Å². The number of ether oxygens (including phenoxy) is 1. The molecule has 7 nitrogen and oxygen atoms in total. The van der Waals surface area contributed by atoms with Gasteiger partial charge >= 0.3 is 0 Å². The Morgan fingerprint density at radius 1 is 1.21 bits per heavy atom. The molecule has 0 aliphatic carbocycles. The van der Waals surface area contributed by atoms with E-state index in [0.29, 0.717) is 49.7 Å². The second-order valence-corrected chi connectivity index (χ2v) is 10.1. The van der Waals surface area contributed by atoms with E-state index in [-0.39, 0.29) is 11.3 Å². The van der Waals surface area contributed by atoms with Crippen molar-refractivity contribution in [1.82, 2.24) is 4.98 Å². The highest BCUT2D eigenvalue weighted by Crippen LogP contribution is 2.33. The van der Waals surface area contributed by atoms with Crippen molar-refractivity contribution >= 4 is 49.7 Å². The van der Waals surface area contributed by atoms with Gasteiger partial charge in [0.05, 0.1) is 52.6 Å². The molecule has 2 aromatic carbocycles. The number of pyridine rings is 1. The molecule has 3 aromatic rings. The number of morpholine rings is 1. The first kappa shape index (κ1) is 24.3. The van der Waals surface area contributed by atoms with Gasteiger partial charge in [-0.05, 0) is 30.7 Å². The molecule has 1 aliphatic rings. The summed E-state index contributed by atoms with van der Waals surface area (Å²) in [5.41, 5.74) is 0.388. The van der Waals surface area contributed by atoms with Crippen LogP contribution in [0.15, 0.2) is 36.5 Å². The predicted octanol–water partition coefficient (Wildman–Crippen LogP) is 4.39. The first-order valence-corrected chi connectivity index (χ1v) is 12.7. The van der Waals surface area contributed by atoms with Gasteiger partial charge in [-0.2, -0.15) is 0 Å². The number of aromatic nitrogens is 1. The Bertz CT molecular complexity index is 1360. The van der Waals surface area contributed by atoms with Crippen molar-refractivity contribution in [2.24, 2.45) is 0 Å². The highest BCUT2D eigenvalue weighted by Gasteiger charge is 2.26. The van der Waals surface area contributed by atoms with Gasteiger partial charge in [-0.15, -0.1) is 0 Å². The van der Waals surface area contributed by atoms with E-state index in [0.717, 1.165) is 5.69 Å². The topological polar surface area (TPSA) is 88.6 Å². The number of ketones is 1. The summed E-state index contributed by atoms with van der Waals surface area (Å²) >= 11 is 6.20. The summed E-state index contributed by atoms with van der Waals surface area (Å²) in [6.07, 6.45) is 2.03. The van der Waals surface area contributed by atoms with Crippen LogP contribution in [0.4, 0.5) is 20.2 Å². The molecule has 0 saturated carbocycles. The van der Waals surface area contributed by atoms with Crippen LogP contribution in [0, 0.1) is 11.6 Å². The molecule has 180 valence electrons. The molecule has 0 bridgehead atoms. The maximum Gasteiger partial charge on any atom is 0.232 e. The Morgan fingerprint density at radius 2 is 1.94 bits per heavy atom. The number of anilines is 2. The molecular weight excluding hydrogens is 488 g/mol. The number of fused-ring (bicyclic) bond motifs is 1. The van der Waals surface area contributed by atoms with Crippen LogP contribution in [0.5, 0.6) is 0 Å². The smallest absolute Gasteiger partial charge is 0.232 e. The monoisotopic (exact) mass is 509 g/mol. The van der Waals surface area contributed by atoms with E-state index in [1.165, 1.54) is 12.1 Å². The van der Waals surface area contributed by atoms with Gasteiger partial charge in [0.1, 0.15) is 0 Å². The molecule has 0 amide bonds. The minimum atomic E-state index is -3.84. The first-order valence-electron chi connectivity index (χ1n) is 10.7. The van der Waals surface area contributed by atoms with Crippen LogP contribution in [0.2, 0.25) is 5.02 Å². The molecule has 2 heterocycles. The summed E-state index contributed by atoms with van der Waals surface area (Å²) in [7, 11) is -3.84. The lowest BCUT2D eigenvalue weighted by molar-refractivity contribution is 0.103. The van der Waals surface area contributed by atoms with Gasteiger partial charge in [0.25, 0.3) is 0 Å². The van der Waals surface area contributed by atoms with Crippen LogP contribution in [-0.2, 0) is 14.8 Å². The quantitative estimate of drug-likeness (QED) is 0.375. The van der Waals surface area contributed by atoms with Crippen molar-refractivity contribution in [1.29, 1.82) is 0 Å². The third-order valence-corrected chi connectivity index (χ3v) is 7.30. The minimum absolute atomic E-state index is 0.0576. The van der Waals surface area contributed by atoms with Gasteiger partial charge < -0.3 is 9.64 Å². The van der Waals surface area contributed by atoms with E-state index in [9.17, 15) is 22.0 Å². The molecule has 1 fully saturated rings. The Morgan fingerprint density at radius 3 is 2.65 bits per heavy atom. The van der Waals surface area contributed by atoms with Crippen LogP contribution in [0.1, 0.15) is 29.3 Å². The maximum atomic E-state index is 14.7. The predicted molar refractivity (Wildman–Crippen MR) is 127 cm³/mol. The van der Waals surface area contributed by atoms with Crippen molar-refractivity contribution in [3.63, 3.8) is 0 Å². The summed E-state index contributed by atoms with van der Waals surface area (Å²) in [5, 5.41) is 0.121. The van der Waals surface area contributed by atoms with Gasteiger partial charge in [-0.3, -0.25) is 14.5 Å². The highest BCUT2D eigenvalue weighted by molar-refractivity contribution is 7.92. The molecule has 1 aliphatic heterocycles. The third-order valence-electron chi connectivity index (χ3n) is 5.43. The van der Waals surface area contributed by atoms with E-state index in [2.05, 4.69) is 14.6 Å². The Kier molecular flexibility index (Phi) is 7.01. The van der Waals surface area contributed by atoms with E-state index in [1.807, 2.05) is 6.07 Å². The lowest BCUT2D eigenvalue weighted by atomic mass is 10.00. The summed E-state index contributed by atoms with van der Waals surface area (Å²) in [6.45, 7) is 4.25. The number of nitrogens with zero attached hydrogens (tertiary/aromatic N) is 2. The molecule has 4 rings (SSSR count). The van der Waals surface area contributed by atoms with Crippen molar-refractivity contribution < 1.29 is 26.7 Å². The number of hydrogen-bond donors (Lipinski definition) is 1. The van der Waals surface area contributed by atoms with Crippen LogP contribution in [-0.4, -0.2) is 51.2 Å². The van der Waals surface area contributed by atoms with Crippen LogP contribution >= 0.6 is 11.6 Å². The fraction of sp³-hybridized carbons (Fsp3) is 0.304. The summed E-state index contributed by atoms with van der Waals surface area (Å²) in [4.78, 5) is 19.7. The molecule has 0 unspecified atom stereocenters. The molecule has 11 heteroatoms. The zero-order valence-corrected chi connectivity index (χ0v) is 19.8. The normalized spacial score (nSPS) is 14.4. The Balaban J connectivity index is 1.73. The summed E-state index contributed by atoms with van der Waals surface area (Å²) < 4.78 is 60.7. The van der Waals surface area contributed by atoms with Gasteiger partial charge in [0.2, 0.25) is 10.0 Å². The van der Waals surface area contributed by atoms with E-state index in [4.69, 9.17) is 16.3 Å². The fourth-order valence-electron chi connectivity index (χ4n) is 3.76. The first-order chi connectivity index (χ1) is 16.2. The zero-order valence-electron chi connectivity index (χ0n) is 18.3. The van der Waals surface area contributed by atoms with Crippen molar-refractivity contribution in [3.05, 3.63) is 64.3 Å². The molecule has 1 aromatic heterocycles. The van der Waals surface area contributed by atoms with E-state index in [1.54, 1.807) is 19.2 Å². The number of carbonyl (C=O) groups is 1. The van der Waals surface area contributed by atoms with Crippen LogP contribution < -0.4 is 9.62 Å². The minimum Gasteiger partial charge on any atom is -0.378 e. The Hall–Kier alpha value is -2.82. The molecule has 0 spiro atoms. The number of benzene rings is 2. The molecule has 1 N–H and O–H groups in total. The zero-order chi connectivity index (χ0) is 24.5. The van der Waals surface area contributed by atoms with Gasteiger partial charge in [-0.1, -0.05) is 18.5 Å². The van der Waals surface area contributed by atoms with Gasteiger partial charge in [0, 0.05) is 30.1 Å². The van der Waals surface area contributed by atoms with Gasteiger partial charge in [0.15, 0.2) is 17.4 Å². The van der Waals surface area contributed by atoms with E-state index >= 15 is 0 Å². The SMILES string of the molecule is CCCS(=O)(=O)Nc1cc(F)c(F)c(C(=O)c2ccc3ncc(N4CCOCC4)cc3c2)c1Cl. The number of halogens is 3. The fourth-order valence-corrected chi connectivity index (χ4v) is 5.23. The second kappa shape index (κ2) is 9.81. The third kappa shape index (κ3) is 4.98. The summed E-state index contributed by atoms with van der Waals surface area (Å²) in [6, 6.07) is 7.05. The lowest BCUT2D eigenvalue weighted by Crippen LogP contribution is -2.36. The average Bonchev–Trinajstić information content (AvgIpc) is 2.82. The number of sulfonamides is 1.